The molecule has 1 aliphatic carbocycles. The first-order valence-corrected chi connectivity index (χ1v) is 14.2. The average Bonchev–Trinajstić information content (AvgIpc) is 3.69. The summed E-state index contributed by atoms with van der Waals surface area (Å²) in [5, 5.41) is 3.28. The largest absolute Gasteiger partial charge is 0.495 e. The lowest BCUT2D eigenvalue weighted by Gasteiger charge is -2.56. The van der Waals surface area contributed by atoms with Crippen LogP contribution in [0, 0.1) is 0 Å². The first-order chi connectivity index (χ1) is 17.1. The van der Waals surface area contributed by atoms with Crippen LogP contribution in [0.5, 0.6) is 5.75 Å². The molecule has 5 rings (SSSR count). The van der Waals surface area contributed by atoms with Crippen LogP contribution < -0.4 is 15.8 Å². The Bertz CT molecular complexity index is 1320. The van der Waals surface area contributed by atoms with Gasteiger partial charge in [0, 0.05) is 28.5 Å². The molecular weight excluding hydrogens is 572 g/mol. The second kappa shape index (κ2) is 9.29. The fourth-order valence-electron chi connectivity index (χ4n) is 5.02. The minimum atomic E-state index is -4.37. The number of amides is 2. The predicted molar refractivity (Wildman–Crippen MR) is 137 cm³/mol. The number of nitrogens with two attached hydrogens (primary N) is 1. The number of hydrogen-bond acceptors (Lipinski definition) is 7. The Morgan fingerprint density at radius 2 is 1.86 bits per heavy atom. The summed E-state index contributed by atoms with van der Waals surface area (Å²) in [5.74, 6) is -0.782. The van der Waals surface area contributed by atoms with Crippen LogP contribution in [0.4, 0.5) is 0 Å². The smallest absolute Gasteiger partial charge is 0.246 e. The molecule has 3 unspecified atom stereocenters. The SMILES string of the molecule is COc1ccc(Cl)cc1S(=O)(=O)C12CN(C3CC3)C(=O)C(Cc3ccc(Br)cc3)N1C(=O)C(N)CN2. The van der Waals surface area contributed by atoms with Gasteiger partial charge in [0.1, 0.15) is 16.7 Å². The minimum absolute atomic E-state index is 0.0604. The van der Waals surface area contributed by atoms with E-state index in [1.807, 2.05) is 24.3 Å². The molecule has 0 spiro atoms. The normalized spacial score (nSPS) is 26.7. The van der Waals surface area contributed by atoms with E-state index < -0.39 is 32.8 Å². The highest BCUT2D eigenvalue weighted by atomic mass is 79.9. The lowest BCUT2D eigenvalue weighted by atomic mass is 9.97. The van der Waals surface area contributed by atoms with Gasteiger partial charge in [0.15, 0.2) is 0 Å². The summed E-state index contributed by atoms with van der Waals surface area (Å²) >= 11 is 9.60. The van der Waals surface area contributed by atoms with Crippen molar-refractivity contribution in [2.24, 2.45) is 5.73 Å². The van der Waals surface area contributed by atoms with E-state index in [0.29, 0.717) is 0 Å². The number of sulfone groups is 1. The minimum Gasteiger partial charge on any atom is -0.495 e. The van der Waals surface area contributed by atoms with Crippen molar-refractivity contribution in [2.75, 3.05) is 20.2 Å². The summed E-state index contributed by atoms with van der Waals surface area (Å²) in [6.45, 7) is -0.279. The molecule has 0 aromatic heterocycles. The van der Waals surface area contributed by atoms with Gasteiger partial charge in [-0.15, -0.1) is 0 Å². The van der Waals surface area contributed by atoms with Crippen LogP contribution in [0.3, 0.4) is 0 Å². The Hall–Kier alpha value is -2.18. The third kappa shape index (κ3) is 4.10. The van der Waals surface area contributed by atoms with Crippen LogP contribution in [0.15, 0.2) is 51.8 Å². The molecule has 9 nitrogen and oxygen atoms in total. The van der Waals surface area contributed by atoms with Crippen molar-refractivity contribution in [3.8, 4) is 5.75 Å². The van der Waals surface area contributed by atoms with E-state index in [4.69, 9.17) is 22.1 Å². The second-order valence-electron chi connectivity index (χ2n) is 9.32. The molecule has 0 bridgehead atoms. The van der Waals surface area contributed by atoms with Gasteiger partial charge in [0.25, 0.3) is 0 Å². The van der Waals surface area contributed by atoms with Gasteiger partial charge in [-0.2, -0.15) is 0 Å². The molecule has 2 aliphatic heterocycles. The quantitative estimate of drug-likeness (QED) is 0.522. The number of nitrogens with one attached hydrogen (secondary N) is 1. The van der Waals surface area contributed by atoms with E-state index in [-0.39, 0.29) is 47.1 Å². The van der Waals surface area contributed by atoms with Crippen LogP contribution in [-0.4, -0.2) is 73.4 Å². The number of ether oxygens (including phenoxy) is 1. The highest BCUT2D eigenvalue weighted by molar-refractivity contribution is 9.10. The third-order valence-electron chi connectivity index (χ3n) is 7.00. The molecular formula is C24H26BrClN4O5S. The number of methoxy groups -OCH3 is 1. The predicted octanol–water partition coefficient (Wildman–Crippen LogP) is 1.91. The monoisotopic (exact) mass is 596 g/mol. The maximum absolute atomic E-state index is 14.5. The molecule has 1 saturated carbocycles. The van der Waals surface area contributed by atoms with E-state index >= 15 is 0 Å². The maximum atomic E-state index is 14.5. The Kier molecular flexibility index (Phi) is 6.57. The van der Waals surface area contributed by atoms with Crippen LogP contribution in [0.2, 0.25) is 5.02 Å². The van der Waals surface area contributed by atoms with Gasteiger partial charge in [-0.05, 0) is 48.7 Å². The second-order valence-corrected chi connectivity index (χ2v) is 12.8. The first-order valence-electron chi connectivity index (χ1n) is 11.6. The number of fused-ring (bicyclic) bond motifs is 1. The number of halogens is 2. The molecule has 2 aromatic carbocycles. The van der Waals surface area contributed by atoms with Crippen LogP contribution in [0.25, 0.3) is 0 Å². The lowest BCUT2D eigenvalue weighted by molar-refractivity contribution is -0.165. The van der Waals surface area contributed by atoms with Crippen LogP contribution in [0.1, 0.15) is 18.4 Å². The summed E-state index contributed by atoms with van der Waals surface area (Å²) in [6, 6.07) is 9.53. The Morgan fingerprint density at radius 1 is 1.17 bits per heavy atom. The van der Waals surface area contributed by atoms with Crippen molar-refractivity contribution >= 4 is 49.2 Å². The number of nitrogens with zero attached hydrogens (tertiary/aromatic N) is 2. The van der Waals surface area contributed by atoms with E-state index in [1.54, 1.807) is 4.90 Å². The molecule has 2 heterocycles. The summed E-state index contributed by atoms with van der Waals surface area (Å²) in [4.78, 5) is 28.1. The zero-order chi connectivity index (χ0) is 25.8. The highest BCUT2D eigenvalue weighted by Crippen LogP contribution is 2.43. The highest BCUT2D eigenvalue weighted by Gasteiger charge is 2.64. The van der Waals surface area contributed by atoms with Crippen molar-refractivity contribution in [1.29, 1.82) is 0 Å². The molecule has 3 atom stereocenters. The number of rotatable bonds is 6. The van der Waals surface area contributed by atoms with E-state index in [0.717, 1.165) is 22.9 Å². The number of piperazine rings is 1. The fraction of sp³-hybridized carbons (Fsp3) is 0.417. The summed E-state index contributed by atoms with van der Waals surface area (Å²) in [7, 11) is -3.01. The number of benzene rings is 2. The van der Waals surface area contributed by atoms with Gasteiger partial charge in [0.2, 0.25) is 26.6 Å². The molecule has 2 amide bonds. The fourth-order valence-corrected chi connectivity index (χ4v) is 7.64. The lowest BCUT2D eigenvalue weighted by Crippen LogP contribution is -2.83. The molecule has 12 heteroatoms. The zero-order valence-corrected chi connectivity index (χ0v) is 22.6. The van der Waals surface area contributed by atoms with Crippen molar-refractivity contribution < 1.29 is 22.7 Å². The Morgan fingerprint density at radius 3 is 2.50 bits per heavy atom. The first kappa shape index (κ1) is 25.5. The number of carbonyl (C=O) groups is 2. The van der Waals surface area contributed by atoms with Gasteiger partial charge in [-0.3, -0.25) is 19.8 Å². The van der Waals surface area contributed by atoms with Gasteiger partial charge in [-0.25, -0.2) is 8.42 Å². The van der Waals surface area contributed by atoms with Crippen molar-refractivity contribution in [2.45, 2.75) is 47.3 Å². The third-order valence-corrected chi connectivity index (χ3v) is 10.0. The summed E-state index contributed by atoms with van der Waals surface area (Å²) in [6.07, 6.45) is 1.70. The Balaban J connectivity index is 1.69. The standard InChI is InChI=1S/C24H26BrClN4O5S/c1-35-20-9-6-16(26)11-21(20)36(33,34)24-13-29(17-7-8-17)23(32)19(10-14-2-4-15(25)5-3-14)30(24)22(31)18(27)12-28-24/h2-6,9,11,17-19,28H,7-8,10,12-13,27H2,1H3. The van der Waals surface area contributed by atoms with Crippen molar-refractivity contribution in [1.82, 2.24) is 15.1 Å². The van der Waals surface area contributed by atoms with E-state index in [9.17, 15) is 18.0 Å². The molecule has 36 heavy (non-hydrogen) atoms. The van der Waals surface area contributed by atoms with Gasteiger partial charge >= 0.3 is 0 Å². The summed E-state index contributed by atoms with van der Waals surface area (Å²) < 4.78 is 35.2. The summed E-state index contributed by atoms with van der Waals surface area (Å²) in [5.41, 5.74) is 6.89. The number of carbonyl (C=O) groups excluding carboxylic acids is 2. The van der Waals surface area contributed by atoms with Crippen LogP contribution >= 0.6 is 27.5 Å². The average molecular weight is 598 g/mol. The molecule has 192 valence electrons. The molecule has 3 N–H and O–H groups in total. The molecule has 3 aliphatic rings. The topological polar surface area (TPSA) is 122 Å². The molecule has 2 saturated heterocycles. The van der Waals surface area contributed by atoms with E-state index in [1.165, 1.54) is 30.2 Å². The molecule has 0 radical (unpaired) electrons. The van der Waals surface area contributed by atoms with Crippen molar-refractivity contribution in [3.05, 3.63) is 57.5 Å². The molecule has 2 aromatic rings. The zero-order valence-electron chi connectivity index (χ0n) is 19.5. The Labute approximate surface area is 222 Å². The van der Waals surface area contributed by atoms with Gasteiger partial charge in [-0.1, -0.05) is 39.7 Å². The van der Waals surface area contributed by atoms with Gasteiger partial charge < -0.3 is 15.4 Å². The molecule has 3 fully saturated rings. The van der Waals surface area contributed by atoms with Crippen LogP contribution in [-0.2, 0) is 25.8 Å². The van der Waals surface area contributed by atoms with E-state index in [2.05, 4.69) is 21.2 Å². The maximum Gasteiger partial charge on any atom is 0.246 e. The van der Waals surface area contributed by atoms with Crippen molar-refractivity contribution in [3.63, 3.8) is 0 Å². The van der Waals surface area contributed by atoms with Gasteiger partial charge in [0.05, 0.1) is 19.7 Å². The number of hydrogen-bond donors (Lipinski definition) is 2.